The van der Waals surface area contributed by atoms with Crippen LogP contribution >= 0.6 is 11.3 Å². The maximum Gasteiger partial charge on any atom is 0.135 e. The first-order chi connectivity index (χ1) is 25.3. The molecule has 10 aromatic rings. The molecule has 0 aliphatic carbocycles. The third-order valence-corrected chi connectivity index (χ3v) is 11.1. The minimum atomic E-state index is 0.894. The summed E-state index contributed by atoms with van der Waals surface area (Å²) in [5, 5.41) is 4.81. The zero-order chi connectivity index (χ0) is 33.7. The number of benzene rings is 8. The van der Waals surface area contributed by atoms with Gasteiger partial charge in [0.25, 0.3) is 0 Å². The summed E-state index contributed by atoms with van der Waals surface area (Å²) in [6.45, 7) is 0. The summed E-state index contributed by atoms with van der Waals surface area (Å²) >= 11 is 1.85. The van der Waals surface area contributed by atoms with Gasteiger partial charge in [-0.3, -0.25) is 0 Å². The van der Waals surface area contributed by atoms with Crippen molar-refractivity contribution < 1.29 is 4.42 Å². The van der Waals surface area contributed by atoms with Crippen molar-refractivity contribution in [1.82, 2.24) is 0 Å². The van der Waals surface area contributed by atoms with Crippen LogP contribution in [0.2, 0.25) is 0 Å². The summed E-state index contributed by atoms with van der Waals surface area (Å²) in [6.07, 6.45) is 0. The Balaban J connectivity index is 1.07. The first-order valence-corrected chi connectivity index (χ1v) is 18.1. The normalized spacial score (nSPS) is 11.5. The third kappa shape index (κ3) is 5.10. The van der Waals surface area contributed by atoms with Gasteiger partial charge in [-0.15, -0.1) is 11.3 Å². The number of fused-ring (bicyclic) bond motifs is 6. The van der Waals surface area contributed by atoms with Crippen LogP contribution in [0, 0.1) is 0 Å². The molecule has 0 saturated carbocycles. The molecule has 8 aromatic carbocycles. The Labute approximate surface area is 300 Å². The molecule has 0 radical (unpaired) electrons. The van der Waals surface area contributed by atoms with Crippen LogP contribution in [0.25, 0.3) is 75.5 Å². The summed E-state index contributed by atoms with van der Waals surface area (Å²) in [4.78, 5) is 2.40. The highest BCUT2D eigenvalue weighted by Crippen LogP contribution is 2.46. The molecule has 0 fully saturated rings. The number of hydrogen-bond donors (Lipinski definition) is 0. The van der Waals surface area contributed by atoms with Crippen molar-refractivity contribution in [3.05, 3.63) is 188 Å². The monoisotopic (exact) mass is 669 g/mol. The fraction of sp³-hybridized carbons (Fsp3) is 0. The third-order valence-electron chi connectivity index (χ3n) is 9.91. The highest BCUT2D eigenvalue weighted by Gasteiger charge is 2.20. The number of nitrogens with zero attached hydrogens (tertiary/aromatic N) is 1. The molecule has 0 aliphatic rings. The number of anilines is 3. The lowest BCUT2D eigenvalue weighted by Crippen LogP contribution is -2.10. The highest BCUT2D eigenvalue weighted by atomic mass is 32.1. The van der Waals surface area contributed by atoms with Crippen LogP contribution in [0.3, 0.4) is 0 Å². The molecule has 10 rings (SSSR count). The van der Waals surface area contributed by atoms with E-state index in [1.165, 1.54) is 53.6 Å². The Morgan fingerprint density at radius 1 is 0.373 bits per heavy atom. The quantitative estimate of drug-likeness (QED) is 0.175. The topological polar surface area (TPSA) is 16.4 Å². The maximum absolute atomic E-state index is 6.22. The molecule has 240 valence electrons. The van der Waals surface area contributed by atoms with Gasteiger partial charge in [0, 0.05) is 37.6 Å². The average Bonchev–Trinajstić information content (AvgIpc) is 3.78. The van der Waals surface area contributed by atoms with Gasteiger partial charge in [-0.05, 0) is 81.9 Å². The molecular formula is C48H31NOS. The van der Waals surface area contributed by atoms with E-state index in [0.29, 0.717) is 0 Å². The van der Waals surface area contributed by atoms with Gasteiger partial charge >= 0.3 is 0 Å². The SMILES string of the molecule is c1ccc(-c2ccccc2-c2ccc(-c3ccc(N(c4ccc5oc6ccccc6c5c4)c4cccc5c4sc4ccccc45)cc3)cc2)cc1. The van der Waals surface area contributed by atoms with Crippen molar-refractivity contribution in [1.29, 1.82) is 0 Å². The second-order valence-corrected chi connectivity index (χ2v) is 14.0. The van der Waals surface area contributed by atoms with Gasteiger partial charge in [0.1, 0.15) is 11.2 Å². The van der Waals surface area contributed by atoms with Crippen molar-refractivity contribution in [3.63, 3.8) is 0 Å². The fourth-order valence-electron chi connectivity index (χ4n) is 7.44. The van der Waals surface area contributed by atoms with Gasteiger partial charge in [-0.2, -0.15) is 0 Å². The average molecular weight is 670 g/mol. The molecule has 2 aromatic heterocycles. The van der Waals surface area contributed by atoms with E-state index in [0.717, 1.165) is 39.0 Å². The van der Waals surface area contributed by atoms with E-state index in [1.807, 2.05) is 23.5 Å². The number of para-hydroxylation sites is 1. The zero-order valence-corrected chi connectivity index (χ0v) is 28.5. The van der Waals surface area contributed by atoms with Gasteiger partial charge < -0.3 is 9.32 Å². The van der Waals surface area contributed by atoms with E-state index in [4.69, 9.17) is 4.42 Å². The smallest absolute Gasteiger partial charge is 0.135 e. The molecule has 0 amide bonds. The summed E-state index contributed by atoms with van der Waals surface area (Å²) in [7, 11) is 0. The van der Waals surface area contributed by atoms with Crippen LogP contribution in [0.1, 0.15) is 0 Å². The number of rotatable bonds is 6. The lowest BCUT2D eigenvalue weighted by Gasteiger charge is -2.26. The van der Waals surface area contributed by atoms with Crippen molar-refractivity contribution >= 4 is 70.5 Å². The largest absolute Gasteiger partial charge is 0.456 e. The molecule has 2 nitrogen and oxygen atoms in total. The Kier molecular flexibility index (Phi) is 7.04. The summed E-state index contributed by atoms with van der Waals surface area (Å²) in [5.74, 6) is 0. The van der Waals surface area contributed by atoms with Crippen LogP contribution < -0.4 is 4.90 Å². The van der Waals surface area contributed by atoms with Gasteiger partial charge in [0.2, 0.25) is 0 Å². The van der Waals surface area contributed by atoms with E-state index >= 15 is 0 Å². The van der Waals surface area contributed by atoms with Gasteiger partial charge in [0.05, 0.1) is 10.4 Å². The summed E-state index contributed by atoms with van der Waals surface area (Å²) < 4.78 is 8.79. The van der Waals surface area contributed by atoms with E-state index in [1.54, 1.807) is 0 Å². The van der Waals surface area contributed by atoms with Crippen LogP contribution in [-0.2, 0) is 0 Å². The Morgan fingerprint density at radius 2 is 0.941 bits per heavy atom. The predicted octanol–water partition coefficient (Wildman–Crippen LogP) is 14.4. The Morgan fingerprint density at radius 3 is 1.73 bits per heavy atom. The summed E-state index contributed by atoms with van der Waals surface area (Å²) in [5.41, 5.74) is 12.4. The van der Waals surface area contributed by atoms with Crippen molar-refractivity contribution in [2.45, 2.75) is 0 Å². The molecule has 0 aliphatic heterocycles. The van der Waals surface area contributed by atoms with Crippen LogP contribution in [0.4, 0.5) is 17.1 Å². The predicted molar refractivity (Wildman–Crippen MR) is 218 cm³/mol. The fourth-order valence-corrected chi connectivity index (χ4v) is 8.64. The molecule has 0 N–H and O–H groups in total. The molecule has 51 heavy (non-hydrogen) atoms. The molecule has 0 unspecified atom stereocenters. The molecule has 0 bridgehead atoms. The standard InChI is InChI=1S/C48H31NOS/c1-2-11-34(12-3-1)38-13-4-5-14-39(38)35-23-21-32(22-24-35)33-25-27-36(28-26-33)49(37-29-30-46-43(31-37)40-15-6-8-19-45(40)50-46)44-18-10-17-42-41-16-7-9-20-47(41)51-48(42)44/h1-31H. The highest BCUT2D eigenvalue weighted by molar-refractivity contribution is 7.26. The van der Waals surface area contributed by atoms with E-state index < -0.39 is 0 Å². The molecular weight excluding hydrogens is 639 g/mol. The summed E-state index contributed by atoms with van der Waals surface area (Å²) in [6, 6.07) is 67.4. The first kappa shape index (κ1) is 29.5. The molecule has 0 saturated heterocycles. The molecule has 3 heteroatoms. The lowest BCUT2D eigenvalue weighted by atomic mass is 9.93. The number of furan rings is 1. The second-order valence-electron chi connectivity index (χ2n) is 12.9. The van der Waals surface area contributed by atoms with Crippen LogP contribution in [0.15, 0.2) is 192 Å². The number of thiophene rings is 1. The molecule has 0 spiro atoms. The molecule has 2 heterocycles. The minimum absolute atomic E-state index is 0.894. The van der Waals surface area contributed by atoms with Crippen LogP contribution in [0.5, 0.6) is 0 Å². The van der Waals surface area contributed by atoms with E-state index in [2.05, 4.69) is 181 Å². The minimum Gasteiger partial charge on any atom is -0.456 e. The van der Waals surface area contributed by atoms with Crippen molar-refractivity contribution in [2.24, 2.45) is 0 Å². The molecule has 0 atom stereocenters. The van der Waals surface area contributed by atoms with Crippen molar-refractivity contribution in [3.8, 4) is 33.4 Å². The van der Waals surface area contributed by atoms with E-state index in [-0.39, 0.29) is 0 Å². The maximum atomic E-state index is 6.22. The van der Waals surface area contributed by atoms with Crippen LogP contribution in [-0.4, -0.2) is 0 Å². The Bertz CT molecular complexity index is 2850. The van der Waals surface area contributed by atoms with Gasteiger partial charge in [-0.25, -0.2) is 0 Å². The number of hydrogen-bond acceptors (Lipinski definition) is 3. The van der Waals surface area contributed by atoms with Gasteiger partial charge in [0.15, 0.2) is 0 Å². The second kappa shape index (κ2) is 12.2. The van der Waals surface area contributed by atoms with Gasteiger partial charge in [-0.1, -0.05) is 140 Å². The first-order valence-electron chi connectivity index (χ1n) is 17.3. The lowest BCUT2D eigenvalue weighted by molar-refractivity contribution is 0.669. The van der Waals surface area contributed by atoms with E-state index in [9.17, 15) is 0 Å². The Hall–Kier alpha value is -6.42. The van der Waals surface area contributed by atoms with Crippen molar-refractivity contribution in [2.75, 3.05) is 4.90 Å². The zero-order valence-electron chi connectivity index (χ0n) is 27.7.